The lowest BCUT2D eigenvalue weighted by molar-refractivity contribution is 0.587. The molecule has 126 valence electrons. The van der Waals surface area contributed by atoms with Gasteiger partial charge in [-0.25, -0.2) is 21.8 Å². The number of fused-ring (bicyclic) bond motifs is 1. The summed E-state index contributed by atoms with van der Waals surface area (Å²) in [6.07, 6.45) is 0. The molecule has 0 fully saturated rings. The maximum Gasteiger partial charge on any atom is 0.210 e. The monoisotopic (exact) mass is 401 g/mol. The molecule has 0 bridgehead atoms. The minimum absolute atomic E-state index is 0.0476. The van der Waals surface area contributed by atoms with Gasteiger partial charge in [0.1, 0.15) is 0 Å². The zero-order chi connectivity index (χ0) is 17.4. The topological polar surface area (TPSA) is 81.2 Å². The molecule has 0 aliphatic heterocycles. The van der Waals surface area contributed by atoms with Gasteiger partial charge in [-0.1, -0.05) is 23.7 Å². The molecule has 2 aromatic carbocycles. The zero-order valence-corrected chi connectivity index (χ0v) is 15.4. The Bertz CT molecular complexity index is 1050. The zero-order valence-electron chi connectivity index (χ0n) is 12.2. The van der Waals surface area contributed by atoms with Crippen molar-refractivity contribution in [2.24, 2.45) is 0 Å². The van der Waals surface area contributed by atoms with Crippen molar-refractivity contribution >= 4 is 52.8 Å². The van der Waals surface area contributed by atoms with Crippen LogP contribution in [0.1, 0.15) is 0 Å². The van der Waals surface area contributed by atoms with Gasteiger partial charge in [0.15, 0.2) is 9.84 Å². The minimum Gasteiger partial charge on any atom is -0.225 e. The van der Waals surface area contributed by atoms with E-state index < -0.39 is 31.2 Å². The van der Waals surface area contributed by atoms with Gasteiger partial charge >= 0.3 is 0 Å². The third-order valence-corrected chi connectivity index (χ3v) is 8.78. The van der Waals surface area contributed by atoms with Gasteiger partial charge in [0, 0.05) is 5.02 Å². The number of thiazole rings is 1. The second-order valence-corrected chi connectivity index (χ2v) is 10.9. The third-order valence-electron chi connectivity index (χ3n) is 3.33. The number of para-hydroxylation sites is 1. The molecule has 0 unspecified atom stereocenters. The Morgan fingerprint density at radius 2 is 1.50 bits per heavy atom. The van der Waals surface area contributed by atoms with E-state index in [-0.39, 0.29) is 9.24 Å². The fourth-order valence-corrected chi connectivity index (χ4v) is 6.85. The normalized spacial score (nSPS) is 12.5. The van der Waals surface area contributed by atoms with E-state index in [2.05, 4.69) is 4.98 Å². The molecular weight excluding hydrogens is 390 g/mol. The van der Waals surface area contributed by atoms with Crippen LogP contribution in [0.15, 0.2) is 57.8 Å². The molecule has 3 aromatic rings. The van der Waals surface area contributed by atoms with E-state index in [1.54, 1.807) is 24.3 Å². The molecule has 0 radical (unpaired) electrons. The number of halogens is 1. The van der Waals surface area contributed by atoms with Crippen LogP contribution in [-0.2, 0) is 19.7 Å². The molecular formula is C15H12ClNO4S3. The Morgan fingerprint density at radius 3 is 2.17 bits per heavy atom. The molecule has 9 heteroatoms. The van der Waals surface area contributed by atoms with E-state index in [0.29, 0.717) is 10.5 Å². The molecule has 0 saturated carbocycles. The van der Waals surface area contributed by atoms with Gasteiger partial charge in [-0.3, -0.25) is 0 Å². The molecule has 1 heterocycles. The predicted molar refractivity (Wildman–Crippen MR) is 95.2 cm³/mol. The van der Waals surface area contributed by atoms with E-state index in [4.69, 9.17) is 11.6 Å². The van der Waals surface area contributed by atoms with E-state index in [0.717, 1.165) is 16.0 Å². The second-order valence-electron chi connectivity index (χ2n) is 5.04. The summed E-state index contributed by atoms with van der Waals surface area (Å²) in [5, 5.41) is 0.413. The van der Waals surface area contributed by atoms with E-state index >= 15 is 0 Å². The lowest BCUT2D eigenvalue weighted by Gasteiger charge is -2.04. The van der Waals surface area contributed by atoms with Gasteiger partial charge in [0.05, 0.1) is 26.6 Å². The fraction of sp³-hybridized carbons (Fsp3) is 0.133. The predicted octanol–water partition coefficient (Wildman–Crippen LogP) is 3.20. The molecule has 0 spiro atoms. The lowest BCUT2D eigenvalue weighted by atomic mass is 10.3. The average molecular weight is 402 g/mol. The first kappa shape index (κ1) is 17.3. The third kappa shape index (κ3) is 3.61. The summed E-state index contributed by atoms with van der Waals surface area (Å²) in [7, 11) is -7.48. The molecule has 5 nitrogen and oxygen atoms in total. The summed E-state index contributed by atoms with van der Waals surface area (Å²) in [5.41, 5.74) is 0.585. The highest BCUT2D eigenvalue weighted by atomic mass is 35.5. The van der Waals surface area contributed by atoms with Crippen LogP contribution >= 0.6 is 22.9 Å². The van der Waals surface area contributed by atoms with Crippen molar-refractivity contribution in [1.29, 1.82) is 0 Å². The number of benzene rings is 2. The Morgan fingerprint density at radius 1 is 0.875 bits per heavy atom. The number of sulfone groups is 2. The summed E-state index contributed by atoms with van der Waals surface area (Å²) in [6, 6.07) is 12.7. The van der Waals surface area contributed by atoms with E-state index in [1.165, 1.54) is 24.3 Å². The first-order chi connectivity index (χ1) is 11.3. The van der Waals surface area contributed by atoms with Gasteiger partial charge in [-0.05, 0) is 36.4 Å². The van der Waals surface area contributed by atoms with Crippen molar-refractivity contribution in [2.45, 2.75) is 9.24 Å². The lowest BCUT2D eigenvalue weighted by Crippen LogP contribution is -2.17. The molecule has 0 aliphatic rings. The number of rotatable bonds is 5. The first-order valence-corrected chi connectivity index (χ1v) is 11.3. The van der Waals surface area contributed by atoms with E-state index in [9.17, 15) is 16.8 Å². The van der Waals surface area contributed by atoms with Gasteiger partial charge in [0.2, 0.25) is 14.2 Å². The van der Waals surface area contributed by atoms with Crippen LogP contribution in [0.4, 0.5) is 0 Å². The Hall–Kier alpha value is -1.48. The van der Waals surface area contributed by atoms with Crippen LogP contribution in [0.2, 0.25) is 5.02 Å². The largest absolute Gasteiger partial charge is 0.225 e. The number of aromatic nitrogens is 1. The highest BCUT2D eigenvalue weighted by Crippen LogP contribution is 2.26. The van der Waals surface area contributed by atoms with Crippen molar-refractivity contribution in [3.63, 3.8) is 0 Å². The first-order valence-electron chi connectivity index (χ1n) is 6.85. The van der Waals surface area contributed by atoms with Crippen LogP contribution in [0.25, 0.3) is 10.2 Å². The summed E-state index contributed by atoms with van der Waals surface area (Å²) in [6.45, 7) is 0. The van der Waals surface area contributed by atoms with Gasteiger partial charge in [0.25, 0.3) is 0 Å². The molecule has 0 atom stereocenters. The molecule has 1 aromatic heterocycles. The smallest absolute Gasteiger partial charge is 0.210 e. The summed E-state index contributed by atoms with van der Waals surface area (Å²) in [5.74, 6) is -1.02. The Labute approximate surface area is 148 Å². The number of hydrogen-bond acceptors (Lipinski definition) is 6. The molecule has 0 aliphatic carbocycles. The van der Waals surface area contributed by atoms with Crippen LogP contribution < -0.4 is 0 Å². The van der Waals surface area contributed by atoms with Crippen molar-refractivity contribution in [3.05, 3.63) is 53.6 Å². The highest BCUT2D eigenvalue weighted by Gasteiger charge is 2.24. The van der Waals surface area contributed by atoms with Gasteiger partial charge < -0.3 is 0 Å². The van der Waals surface area contributed by atoms with Crippen LogP contribution in [0, 0.1) is 0 Å². The second kappa shape index (κ2) is 6.44. The van der Waals surface area contributed by atoms with Crippen LogP contribution in [0.5, 0.6) is 0 Å². The van der Waals surface area contributed by atoms with Crippen LogP contribution in [0.3, 0.4) is 0 Å². The molecule has 0 amide bonds. The van der Waals surface area contributed by atoms with Crippen LogP contribution in [-0.4, -0.2) is 33.3 Å². The van der Waals surface area contributed by atoms with Gasteiger partial charge in [-0.2, -0.15) is 0 Å². The Kier molecular flexibility index (Phi) is 4.65. The Balaban J connectivity index is 1.83. The standard InChI is InChI=1S/C15H12ClNO4S3/c16-11-5-7-12(8-6-11)23(18,19)9-10-24(20,21)15-17-13-3-1-2-4-14(13)22-15/h1-8H,9-10H2. The SMILES string of the molecule is O=S(=O)(CCS(=O)(=O)c1nc2ccccc2s1)c1ccc(Cl)cc1. The van der Waals surface area contributed by atoms with Crippen molar-refractivity contribution in [2.75, 3.05) is 11.5 Å². The maximum absolute atomic E-state index is 12.4. The molecule has 3 rings (SSSR count). The van der Waals surface area contributed by atoms with E-state index in [1.807, 2.05) is 0 Å². The van der Waals surface area contributed by atoms with Crippen molar-refractivity contribution in [1.82, 2.24) is 4.98 Å². The fourth-order valence-electron chi connectivity index (χ4n) is 2.05. The number of hydrogen-bond donors (Lipinski definition) is 0. The summed E-state index contributed by atoms with van der Waals surface area (Å²) < 4.78 is 50.0. The van der Waals surface area contributed by atoms with Crippen molar-refractivity contribution in [3.8, 4) is 0 Å². The quantitative estimate of drug-likeness (QED) is 0.655. The average Bonchev–Trinajstić information content (AvgIpc) is 2.99. The molecule has 0 N–H and O–H groups in total. The summed E-state index contributed by atoms with van der Waals surface area (Å²) >= 11 is 6.77. The van der Waals surface area contributed by atoms with Gasteiger partial charge in [-0.15, -0.1) is 11.3 Å². The maximum atomic E-state index is 12.4. The molecule has 0 saturated heterocycles. The van der Waals surface area contributed by atoms with Crippen molar-refractivity contribution < 1.29 is 16.8 Å². The minimum atomic E-state index is -3.77. The summed E-state index contributed by atoms with van der Waals surface area (Å²) in [4.78, 5) is 4.14. The molecule has 24 heavy (non-hydrogen) atoms. The highest BCUT2D eigenvalue weighted by molar-refractivity contribution is 7.96. The number of nitrogens with zero attached hydrogens (tertiary/aromatic N) is 1.